The monoisotopic (exact) mass is 251 g/mol. The lowest BCUT2D eigenvalue weighted by atomic mass is 10.5. The van der Waals surface area contributed by atoms with E-state index in [-0.39, 0.29) is 19.2 Å². The molecular weight excluding hydrogens is 234 g/mol. The second-order valence-electron chi connectivity index (χ2n) is 3.78. The van der Waals surface area contributed by atoms with Gasteiger partial charge in [-0.15, -0.1) is 0 Å². The van der Waals surface area contributed by atoms with Gasteiger partial charge in [0.25, 0.3) is 0 Å². The van der Waals surface area contributed by atoms with E-state index in [9.17, 15) is 13.2 Å². The van der Waals surface area contributed by atoms with Gasteiger partial charge < -0.3 is 9.84 Å². The van der Waals surface area contributed by atoms with Crippen molar-refractivity contribution in [3.8, 4) is 0 Å². The summed E-state index contributed by atoms with van der Waals surface area (Å²) in [6, 6.07) is -0.0655. The molecule has 1 N–H and O–H groups in total. The van der Waals surface area contributed by atoms with Crippen LogP contribution in [0.4, 0.5) is 0 Å². The first kappa shape index (κ1) is 13.4. The van der Waals surface area contributed by atoms with E-state index < -0.39 is 21.2 Å². The van der Waals surface area contributed by atoms with Crippen LogP contribution in [-0.4, -0.2) is 55.4 Å². The lowest BCUT2D eigenvalue weighted by molar-refractivity contribution is -0.139. The Bertz CT molecular complexity index is 349. The van der Waals surface area contributed by atoms with Crippen molar-refractivity contribution in [1.29, 1.82) is 0 Å². The summed E-state index contributed by atoms with van der Waals surface area (Å²) in [7, 11) is -2.56. The van der Waals surface area contributed by atoms with E-state index in [1.807, 2.05) is 0 Å². The van der Waals surface area contributed by atoms with Gasteiger partial charge in [-0.1, -0.05) is 0 Å². The maximum Gasteiger partial charge on any atom is 0.325 e. The Morgan fingerprint density at radius 3 is 2.50 bits per heavy atom. The highest BCUT2D eigenvalue weighted by Gasteiger charge is 2.42. The Kier molecular flexibility index (Phi) is 4.28. The summed E-state index contributed by atoms with van der Waals surface area (Å²) in [6.07, 6.45) is 1.57. The summed E-state index contributed by atoms with van der Waals surface area (Å²) >= 11 is 0. The van der Waals surface area contributed by atoms with Crippen LogP contribution in [0.5, 0.6) is 0 Å². The first-order valence-corrected chi connectivity index (χ1v) is 6.64. The third kappa shape index (κ3) is 2.72. The van der Waals surface area contributed by atoms with Gasteiger partial charge in [0.1, 0.15) is 0 Å². The summed E-state index contributed by atoms with van der Waals surface area (Å²) < 4.78 is 29.7. The molecule has 1 rings (SSSR count). The molecule has 94 valence electrons. The van der Waals surface area contributed by atoms with Crippen molar-refractivity contribution in [2.24, 2.45) is 0 Å². The minimum absolute atomic E-state index is 0.0360. The summed E-state index contributed by atoms with van der Waals surface area (Å²) in [5, 5.41) is 7.61. The topological polar surface area (TPSA) is 83.9 Å². The van der Waals surface area contributed by atoms with Crippen molar-refractivity contribution in [2.75, 3.05) is 20.3 Å². The average Bonchev–Trinajstić information content (AvgIpc) is 3.07. The van der Waals surface area contributed by atoms with Gasteiger partial charge in [0.05, 0.1) is 13.7 Å². The molecule has 0 aliphatic heterocycles. The van der Waals surface area contributed by atoms with E-state index in [1.165, 1.54) is 11.2 Å². The van der Waals surface area contributed by atoms with Crippen LogP contribution >= 0.6 is 0 Å². The fourth-order valence-corrected chi connectivity index (χ4v) is 3.18. The molecule has 0 aromatic rings. The highest BCUT2D eigenvalue weighted by molar-refractivity contribution is 7.90. The standard InChI is InChI=1S/C9H17NO5S/c1-7(9(12)15-2)16(13,14)10(5-6-11)8-3-4-8/h7-8,11H,3-6H2,1-2H3. The molecule has 0 amide bonds. The Labute approximate surface area is 95.2 Å². The molecule has 0 radical (unpaired) electrons. The summed E-state index contributed by atoms with van der Waals surface area (Å²) in [6.45, 7) is 1.09. The van der Waals surface area contributed by atoms with Crippen molar-refractivity contribution in [3.05, 3.63) is 0 Å². The third-order valence-corrected chi connectivity index (χ3v) is 4.80. The fraction of sp³-hybridized carbons (Fsp3) is 0.889. The van der Waals surface area contributed by atoms with Crippen molar-refractivity contribution >= 4 is 16.0 Å². The number of methoxy groups -OCH3 is 1. The summed E-state index contributed by atoms with van der Waals surface area (Å²) in [5.74, 6) is -0.774. The maximum atomic E-state index is 12.0. The quantitative estimate of drug-likeness (QED) is 0.633. The zero-order chi connectivity index (χ0) is 12.3. The zero-order valence-electron chi connectivity index (χ0n) is 9.42. The molecule has 1 unspecified atom stereocenters. The molecule has 7 heteroatoms. The van der Waals surface area contributed by atoms with Gasteiger partial charge in [-0.05, 0) is 19.8 Å². The number of hydrogen-bond acceptors (Lipinski definition) is 5. The molecule has 0 aromatic carbocycles. The van der Waals surface area contributed by atoms with Crippen LogP contribution in [0.25, 0.3) is 0 Å². The molecule has 1 saturated carbocycles. The number of aliphatic hydroxyl groups is 1. The first-order chi connectivity index (χ1) is 7.45. The van der Waals surface area contributed by atoms with Gasteiger partial charge in [0.2, 0.25) is 10.0 Å². The zero-order valence-corrected chi connectivity index (χ0v) is 10.2. The number of nitrogens with zero attached hydrogens (tertiary/aromatic N) is 1. The Hall–Kier alpha value is -0.660. The van der Waals surface area contributed by atoms with Gasteiger partial charge in [-0.3, -0.25) is 4.79 Å². The van der Waals surface area contributed by atoms with E-state index in [2.05, 4.69) is 4.74 Å². The Morgan fingerprint density at radius 1 is 1.56 bits per heavy atom. The molecule has 0 heterocycles. The predicted molar refractivity (Wildman–Crippen MR) is 57.2 cm³/mol. The molecule has 16 heavy (non-hydrogen) atoms. The van der Waals surface area contributed by atoms with Crippen LogP contribution in [0.2, 0.25) is 0 Å². The second-order valence-corrected chi connectivity index (χ2v) is 5.98. The average molecular weight is 251 g/mol. The number of aliphatic hydroxyl groups excluding tert-OH is 1. The van der Waals surface area contributed by atoms with E-state index >= 15 is 0 Å². The second kappa shape index (κ2) is 5.11. The predicted octanol–water partition coefficient (Wildman–Crippen LogP) is -0.666. The molecule has 0 spiro atoms. The summed E-state index contributed by atoms with van der Waals surface area (Å²) in [4.78, 5) is 11.2. The molecule has 0 aromatic heterocycles. The lowest BCUT2D eigenvalue weighted by Crippen LogP contribution is -2.44. The minimum atomic E-state index is -3.71. The van der Waals surface area contributed by atoms with Crippen LogP contribution in [0.1, 0.15) is 19.8 Å². The number of carbonyl (C=O) groups is 1. The summed E-state index contributed by atoms with van der Waals surface area (Å²) in [5.41, 5.74) is 0. The van der Waals surface area contributed by atoms with Gasteiger partial charge in [0, 0.05) is 12.6 Å². The fourth-order valence-electron chi connectivity index (χ4n) is 1.47. The highest BCUT2D eigenvalue weighted by atomic mass is 32.2. The smallest absolute Gasteiger partial charge is 0.325 e. The van der Waals surface area contributed by atoms with Gasteiger partial charge in [0.15, 0.2) is 5.25 Å². The van der Waals surface area contributed by atoms with Crippen molar-refractivity contribution in [2.45, 2.75) is 31.1 Å². The molecule has 6 nitrogen and oxygen atoms in total. The molecule has 0 saturated heterocycles. The van der Waals surface area contributed by atoms with Gasteiger partial charge >= 0.3 is 5.97 Å². The SMILES string of the molecule is COC(=O)C(C)S(=O)(=O)N(CCO)C1CC1. The van der Waals surface area contributed by atoms with Crippen LogP contribution < -0.4 is 0 Å². The Morgan fingerprint density at radius 2 is 2.12 bits per heavy atom. The number of esters is 1. The minimum Gasteiger partial charge on any atom is -0.468 e. The van der Waals surface area contributed by atoms with Crippen molar-refractivity contribution in [3.63, 3.8) is 0 Å². The first-order valence-electron chi connectivity index (χ1n) is 5.14. The highest BCUT2D eigenvalue weighted by Crippen LogP contribution is 2.30. The number of rotatable bonds is 6. The molecule has 1 fully saturated rings. The normalized spacial score (nSPS) is 18.5. The number of sulfonamides is 1. The van der Waals surface area contributed by atoms with Crippen LogP contribution in [0, 0.1) is 0 Å². The lowest BCUT2D eigenvalue weighted by Gasteiger charge is -2.23. The molecule has 1 atom stereocenters. The van der Waals surface area contributed by atoms with E-state index in [4.69, 9.17) is 5.11 Å². The maximum absolute atomic E-state index is 12.0. The van der Waals surface area contributed by atoms with Crippen LogP contribution in [0.15, 0.2) is 0 Å². The molecular formula is C9H17NO5S. The number of carbonyl (C=O) groups excluding carboxylic acids is 1. The Balaban J connectivity index is 2.84. The van der Waals surface area contributed by atoms with Gasteiger partial charge in [-0.25, -0.2) is 8.42 Å². The van der Waals surface area contributed by atoms with E-state index in [0.29, 0.717) is 0 Å². The number of hydrogen-bond donors (Lipinski definition) is 1. The van der Waals surface area contributed by atoms with E-state index in [1.54, 1.807) is 0 Å². The molecule has 1 aliphatic rings. The van der Waals surface area contributed by atoms with Crippen LogP contribution in [-0.2, 0) is 19.6 Å². The molecule has 1 aliphatic carbocycles. The van der Waals surface area contributed by atoms with Crippen molar-refractivity contribution < 1.29 is 23.1 Å². The van der Waals surface area contributed by atoms with E-state index in [0.717, 1.165) is 20.0 Å². The third-order valence-electron chi connectivity index (χ3n) is 2.58. The van der Waals surface area contributed by atoms with Crippen molar-refractivity contribution in [1.82, 2.24) is 4.31 Å². The van der Waals surface area contributed by atoms with Gasteiger partial charge in [-0.2, -0.15) is 4.31 Å². The van der Waals surface area contributed by atoms with Crippen LogP contribution in [0.3, 0.4) is 0 Å². The molecule has 0 bridgehead atoms. The largest absolute Gasteiger partial charge is 0.468 e. The number of ether oxygens (including phenoxy) is 1.